The van der Waals surface area contributed by atoms with E-state index in [1.807, 2.05) is 6.07 Å². The molecule has 0 saturated heterocycles. The van der Waals surface area contributed by atoms with Crippen molar-refractivity contribution in [2.24, 2.45) is 0 Å². The lowest BCUT2D eigenvalue weighted by Crippen LogP contribution is -2.26. The number of benzene rings is 8. The van der Waals surface area contributed by atoms with Gasteiger partial charge in [0.25, 0.3) is 0 Å². The summed E-state index contributed by atoms with van der Waals surface area (Å²) >= 11 is 0. The fourth-order valence-electron chi connectivity index (χ4n) is 11.0. The number of rotatable bonds is 2. The first-order chi connectivity index (χ1) is 26.5. The van der Waals surface area contributed by atoms with Crippen LogP contribution in [0.15, 0.2) is 170 Å². The molecule has 8 aromatic rings. The summed E-state index contributed by atoms with van der Waals surface area (Å²) in [6.45, 7) is 4.37. The lowest BCUT2D eigenvalue weighted by molar-refractivity contribution is 0.103. The Bertz CT molecular complexity index is 2880. The predicted molar refractivity (Wildman–Crippen MR) is 218 cm³/mol. The number of hydrogen-bond donors (Lipinski definition) is 0. The van der Waals surface area contributed by atoms with Crippen LogP contribution < -0.4 is 0 Å². The minimum absolute atomic E-state index is 0.0457. The minimum Gasteiger partial charge on any atom is -0.289 e. The van der Waals surface area contributed by atoms with Gasteiger partial charge in [-0.3, -0.25) is 4.79 Å². The van der Waals surface area contributed by atoms with E-state index < -0.39 is 10.8 Å². The SMILES string of the molecule is Cc1ccc2c(c1)C1(c3ccccc3-c3ccc(C(=O)c4ccc5c(c4)C4(c6ccccc6-c6ccccc64)c4ccccc4-5)cc31)c1cc(C)ccc1-2. The highest BCUT2D eigenvalue weighted by atomic mass is 16.1. The van der Waals surface area contributed by atoms with Crippen LogP contribution in [0.25, 0.3) is 44.5 Å². The number of carbonyl (C=O) groups is 1. The molecule has 1 nitrogen and oxygen atoms in total. The van der Waals surface area contributed by atoms with Crippen LogP contribution in [0.4, 0.5) is 0 Å². The van der Waals surface area contributed by atoms with Crippen LogP contribution in [0.1, 0.15) is 71.6 Å². The number of ketones is 1. The molecule has 0 fully saturated rings. The number of aryl methyl sites for hydroxylation is 2. The summed E-state index contributed by atoms with van der Waals surface area (Å²) < 4.78 is 0. The third kappa shape index (κ3) is 3.44. The van der Waals surface area contributed by atoms with Gasteiger partial charge in [-0.05, 0) is 115 Å². The first kappa shape index (κ1) is 29.9. The second kappa shape index (κ2) is 10.3. The maximum atomic E-state index is 15.1. The average Bonchev–Trinajstić information content (AvgIpc) is 3.88. The molecule has 0 radical (unpaired) electrons. The standard InChI is InChI=1S/C53H34O/c1-31-19-23-39-40-24-20-32(2)28-48(40)53(47(39)27-31)46-18-10-6-14-38(46)42-26-22-34(30-50(42)53)51(54)33-21-25-41-37-13-5-9-17-45(37)52(49(41)29-33)43-15-7-3-11-35(43)36-12-4-8-16-44(36)52/h3-30H,1-2H3. The molecule has 0 atom stereocenters. The molecular formula is C53H34O. The molecule has 0 aliphatic heterocycles. The van der Waals surface area contributed by atoms with Gasteiger partial charge in [0.1, 0.15) is 0 Å². The van der Waals surface area contributed by atoms with Crippen LogP contribution in [0.2, 0.25) is 0 Å². The Morgan fingerprint density at radius 3 is 0.963 bits per heavy atom. The molecule has 0 unspecified atom stereocenters. The van der Waals surface area contributed by atoms with Gasteiger partial charge in [-0.2, -0.15) is 0 Å². The molecule has 252 valence electrons. The summed E-state index contributed by atoms with van der Waals surface area (Å²) in [6.07, 6.45) is 0. The first-order valence-electron chi connectivity index (χ1n) is 19.0. The van der Waals surface area contributed by atoms with Crippen molar-refractivity contribution in [3.8, 4) is 44.5 Å². The Morgan fingerprint density at radius 1 is 0.315 bits per heavy atom. The van der Waals surface area contributed by atoms with Gasteiger partial charge in [-0.25, -0.2) is 0 Å². The summed E-state index contributed by atoms with van der Waals surface area (Å²) in [6, 6.07) is 62.0. The van der Waals surface area contributed by atoms with Crippen molar-refractivity contribution in [3.05, 3.63) is 237 Å². The van der Waals surface area contributed by atoms with Crippen molar-refractivity contribution in [2.45, 2.75) is 24.7 Å². The van der Waals surface area contributed by atoms with Gasteiger partial charge < -0.3 is 0 Å². The van der Waals surface area contributed by atoms with Gasteiger partial charge in [-0.15, -0.1) is 0 Å². The normalized spacial score (nSPS) is 14.9. The molecule has 2 spiro atoms. The molecule has 1 heteroatoms. The lowest BCUT2D eigenvalue weighted by atomic mass is 9.69. The highest BCUT2D eigenvalue weighted by Gasteiger charge is 2.53. The molecule has 0 saturated carbocycles. The first-order valence-corrected chi connectivity index (χ1v) is 19.0. The third-order valence-corrected chi connectivity index (χ3v) is 13.0. The van der Waals surface area contributed by atoms with Gasteiger partial charge in [0, 0.05) is 11.1 Å². The van der Waals surface area contributed by atoms with E-state index in [0.717, 1.165) is 0 Å². The second-order valence-electron chi connectivity index (χ2n) is 15.6. The zero-order valence-corrected chi connectivity index (χ0v) is 30.1. The minimum atomic E-state index is -0.508. The van der Waals surface area contributed by atoms with Crippen molar-refractivity contribution in [1.82, 2.24) is 0 Å². The Labute approximate surface area is 315 Å². The van der Waals surface area contributed by atoms with Crippen molar-refractivity contribution in [3.63, 3.8) is 0 Å². The average molecular weight is 687 g/mol. The molecule has 12 rings (SSSR count). The zero-order valence-electron chi connectivity index (χ0n) is 30.1. The molecule has 0 aromatic heterocycles. The van der Waals surface area contributed by atoms with E-state index in [1.54, 1.807) is 0 Å². The number of fused-ring (bicyclic) bond motifs is 20. The molecule has 4 aliphatic rings. The Hall–Kier alpha value is -6.57. The second-order valence-corrected chi connectivity index (χ2v) is 15.6. The lowest BCUT2D eigenvalue weighted by Gasteiger charge is -2.31. The van der Waals surface area contributed by atoms with Crippen molar-refractivity contribution >= 4 is 5.78 Å². The molecule has 0 heterocycles. The van der Waals surface area contributed by atoms with Crippen molar-refractivity contribution in [2.75, 3.05) is 0 Å². The van der Waals surface area contributed by atoms with Gasteiger partial charge >= 0.3 is 0 Å². The molecule has 8 aromatic carbocycles. The van der Waals surface area contributed by atoms with E-state index >= 15 is 4.79 Å². The quantitative estimate of drug-likeness (QED) is 0.165. The van der Waals surface area contributed by atoms with E-state index in [9.17, 15) is 0 Å². The Kier molecular flexibility index (Phi) is 5.72. The number of hydrogen-bond acceptors (Lipinski definition) is 1. The van der Waals surface area contributed by atoms with Gasteiger partial charge in [0.05, 0.1) is 10.8 Å². The maximum absolute atomic E-state index is 15.1. The van der Waals surface area contributed by atoms with E-state index in [-0.39, 0.29) is 5.78 Å². The van der Waals surface area contributed by atoms with Crippen LogP contribution in [-0.4, -0.2) is 5.78 Å². The highest BCUT2D eigenvalue weighted by molar-refractivity contribution is 6.11. The van der Waals surface area contributed by atoms with Gasteiger partial charge in [0.2, 0.25) is 0 Å². The van der Waals surface area contributed by atoms with Crippen LogP contribution in [-0.2, 0) is 10.8 Å². The largest absolute Gasteiger partial charge is 0.289 e. The summed E-state index contributed by atoms with van der Waals surface area (Å²) in [7, 11) is 0. The maximum Gasteiger partial charge on any atom is 0.193 e. The highest BCUT2D eigenvalue weighted by Crippen LogP contribution is 2.64. The van der Waals surface area contributed by atoms with Crippen LogP contribution in [0.5, 0.6) is 0 Å². The van der Waals surface area contributed by atoms with Crippen molar-refractivity contribution < 1.29 is 4.79 Å². The van der Waals surface area contributed by atoms with Gasteiger partial charge in [0.15, 0.2) is 5.78 Å². The smallest absolute Gasteiger partial charge is 0.193 e. The monoisotopic (exact) mass is 686 g/mol. The summed E-state index contributed by atoms with van der Waals surface area (Å²) in [5.74, 6) is 0.0457. The van der Waals surface area contributed by atoms with Crippen LogP contribution in [0.3, 0.4) is 0 Å². The summed E-state index contributed by atoms with van der Waals surface area (Å²) in [5, 5.41) is 0. The fourth-order valence-corrected chi connectivity index (χ4v) is 11.0. The predicted octanol–water partition coefficient (Wildman–Crippen LogP) is 12.2. The van der Waals surface area contributed by atoms with E-state index in [2.05, 4.69) is 178 Å². The van der Waals surface area contributed by atoms with E-state index in [4.69, 9.17) is 0 Å². The Morgan fingerprint density at radius 2 is 0.593 bits per heavy atom. The van der Waals surface area contributed by atoms with Crippen LogP contribution >= 0.6 is 0 Å². The number of carbonyl (C=O) groups excluding carboxylic acids is 1. The summed E-state index contributed by atoms with van der Waals surface area (Å²) in [4.78, 5) is 15.1. The topological polar surface area (TPSA) is 17.1 Å². The summed E-state index contributed by atoms with van der Waals surface area (Å²) in [5.41, 5.74) is 22.9. The molecule has 4 aliphatic carbocycles. The third-order valence-electron chi connectivity index (χ3n) is 13.0. The molecule has 0 bridgehead atoms. The molecule has 54 heavy (non-hydrogen) atoms. The Balaban J connectivity index is 1.08. The fraction of sp³-hybridized carbons (Fsp3) is 0.0755. The molecular weight excluding hydrogens is 653 g/mol. The van der Waals surface area contributed by atoms with Crippen molar-refractivity contribution in [1.29, 1.82) is 0 Å². The van der Waals surface area contributed by atoms with E-state index in [1.165, 1.54) is 100 Å². The van der Waals surface area contributed by atoms with Crippen LogP contribution in [0, 0.1) is 13.8 Å². The van der Waals surface area contributed by atoms with E-state index in [0.29, 0.717) is 11.1 Å². The zero-order chi connectivity index (χ0) is 35.9. The van der Waals surface area contributed by atoms with Gasteiger partial charge in [-0.1, -0.05) is 169 Å². The molecule has 0 N–H and O–H groups in total. The molecule has 0 amide bonds.